The van der Waals surface area contributed by atoms with E-state index in [4.69, 9.17) is 14.2 Å². The van der Waals surface area contributed by atoms with Crippen LogP contribution in [0.4, 0.5) is 17.1 Å². The average Bonchev–Trinajstić information content (AvgIpc) is 2.81. The van der Waals surface area contributed by atoms with Crippen molar-refractivity contribution in [2.75, 3.05) is 24.7 Å². The van der Waals surface area contributed by atoms with E-state index in [1.165, 1.54) is 0 Å². The summed E-state index contributed by atoms with van der Waals surface area (Å²) in [6.45, 7) is 15.0. The molecule has 0 radical (unpaired) electrons. The van der Waals surface area contributed by atoms with E-state index in [1.54, 1.807) is 0 Å². The monoisotopic (exact) mass is 461 g/mol. The quantitative estimate of drug-likeness (QED) is 0.272. The first-order valence-electron chi connectivity index (χ1n) is 12.3. The molecule has 0 heterocycles. The number of ether oxygens (including phenoxy) is 3. The average molecular weight is 462 g/mol. The van der Waals surface area contributed by atoms with Gasteiger partial charge in [0.05, 0.1) is 19.8 Å². The molecule has 4 heteroatoms. The van der Waals surface area contributed by atoms with Crippen molar-refractivity contribution < 1.29 is 14.2 Å². The Morgan fingerprint density at radius 2 is 0.794 bits per heavy atom. The predicted molar refractivity (Wildman–Crippen MR) is 142 cm³/mol. The summed E-state index contributed by atoms with van der Waals surface area (Å²) < 4.78 is 18.1. The van der Waals surface area contributed by atoms with Crippen LogP contribution in [-0.4, -0.2) is 19.8 Å². The molecule has 182 valence electrons. The lowest BCUT2D eigenvalue weighted by Gasteiger charge is -2.27. The normalized spacial score (nSPS) is 11.2. The van der Waals surface area contributed by atoms with E-state index in [1.807, 2.05) is 36.4 Å². The Hall–Kier alpha value is -3.14. The highest BCUT2D eigenvalue weighted by atomic mass is 16.5. The molecule has 0 atom stereocenters. The molecule has 0 saturated heterocycles. The van der Waals surface area contributed by atoms with Crippen LogP contribution in [0.15, 0.2) is 72.8 Å². The third kappa shape index (κ3) is 7.72. The second-order valence-electron chi connectivity index (χ2n) is 9.94. The first-order chi connectivity index (χ1) is 16.3. The van der Waals surface area contributed by atoms with Crippen LogP contribution in [0.5, 0.6) is 17.2 Å². The van der Waals surface area contributed by atoms with Crippen molar-refractivity contribution in [3.8, 4) is 17.2 Å². The maximum Gasteiger partial charge on any atom is 0.121 e. The van der Waals surface area contributed by atoms with Gasteiger partial charge in [-0.2, -0.15) is 0 Å². The molecule has 0 N–H and O–H groups in total. The zero-order valence-corrected chi connectivity index (χ0v) is 21.5. The fourth-order valence-corrected chi connectivity index (χ4v) is 3.37. The van der Waals surface area contributed by atoms with E-state index in [2.05, 4.69) is 82.8 Å². The van der Waals surface area contributed by atoms with Crippen LogP contribution in [0.2, 0.25) is 0 Å². The largest absolute Gasteiger partial charge is 0.493 e. The molecule has 0 unspecified atom stereocenters. The van der Waals surface area contributed by atoms with Crippen LogP contribution in [-0.2, 0) is 0 Å². The minimum Gasteiger partial charge on any atom is -0.493 e. The van der Waals surface area contributed by atoms with Gasteiger partial charge in [0.2, 0.25) is 0 Å². The zero-order chi connectivity index (χ0) is 24.5. The van der Waals surface area contributed by atoms with Crippen LogP contribution in [0.3, 0.4) is 0 Å². The number of nitrogens with zero attached hydrogens (tertiary/aromatic N) is 1. The Morgan fingerprint density at radius 1 is 0.500 bits per heavy atom. The van der Waals surface area contributed by atoms with Gasteiger partial charge in [0.25, 0.3) is 0 Å². The third-order valence-electron chi connectivity index (χ3n) is 4.98. The minimum atomic E-state index is 0.462. The molecule has 0 aliphatic rings. The lowest BCUT2D eigenvalue weighted by molar-refractivity contribution is 0.271. The fourth-order valence-electron chi connectivity index (χ4n) is 3.37. The summed E-state index contributed by atoms with van der Waals surface area (Å²) in [6, 6.07) is 24.7. The van der Waals surface area contributed by atoms with E-state index in [0.29, 0.717) is 37.6 Å². The molecule has 3 rings (SSSR count). The third-order valence-corrected chi connectivity index (χ3v) is 4.98. The van der Waals surface area contributed by atoms with E-state index < -0.39 is 0 Å². The van der Waals surface area contributed by atoms with Crippen molar-refractivity contribution in [2.45, 2.75) is 41.5 Å². The Labute approximate surface area is 205 Å². The molecule has 0 fully saturated rings. The molecule has 3 aromatic rings. The number of hydrogen-bond donors (Lipinski definition) is 0. The van der Waals surface area contributed by atoms with Crippen molar-refractivity contribution >= 4 is 17.1 Å². The molecule has 0 spiro atoms. The number of hydrogen-bond acceptors (Lipinski definition) is 4. The number of rotatable bonds is 12. The second kappa shape index (κ2) is 12.4. The minimum absolute atomic E-state index is 0.462. The highest BCUT2D eigenvalue weighted by Crippen LogP contribution is 2.38. The van der Waals surface area contributed by atoms with E-state index in [9.17, 15) is 0 Å². The summed E-state index contributed by atoms with van der Waals surface area (Å²) in [5.41, 5.74) is 3.05. The van der Waals surface area contributed by atoms with Gasteiger partial charge in [0.15, 0.2) is 0 Å². The molecule has 0 amide bonds. The number of anilines is 3. The van der Waals surface area contributed by atoms with Gasteiger partial charge in [-0.1, -0.05) is 59.7 Å². The summed E-state index contributed by atoms with van der Waals surface area (Å²) in [6.07, 6.45) is 0. The first kappa shape index (κ1) is 25.5. The standard InChI is InChI=1S/C30H39NO3/c1-22(2)19-32-28-13-7-10-25(16-28)31(26-11-8-14-29(17-26)33-20-23(3)4)27-12-9-15-30(18-27)34-21-24(5)6/h7-18,22-24H,19-21H2,1-6H3. The maximum atomic E-state index is 6.03. The van der Waals surface area contributed by atoms with Crippen molar-refractivity contribution in [1.82, 2.24) is 0 Å². The Kier molecular flexibility index (Phi) is 9.26. The van der Waals surface area contributed by atoms with Crippen molar-refractivity contribution in [3.05, 3.63) is 72.8 Å². The van der Waals surface area contributed by atoms with Crippen LogP contribution in [0.1, 0.15) is 41.5 Å². The lowest BCUT2D eigenvalue weighted by atomic mass is 10.1. The molecule has 0 bridgehead atoms. The van der Waals surface area contributed by atoms with E-state index >= 15 is 0 Å². The van der Waals surface area contributed by atoms with Gasteiger partial charge >= 0.3 is 0 Å². The highest BCUT2D eigenvalue weighted by Gasteiger charge is 2.15. The van der Waals surface area contributed by atoms with Gasteiger partial charge in [-0.3, -0.25) is 0 Å². The molecule has 3 aromatic carbocycles. The maximum absolute atomic E-state index is 6.03. The van der Waals surface area contributed by atoms with Gasteiger partial charge in [0.1, 0.15) is 17.2 Å². The molecular formula is C30H39NO3. The van der Waals surface area contributed by atoms with Gasteiger partial charge in [-0.05, 0) is 54.2 Å². The SMILES string of the molecule is CC(C)COc1cccc(N(c2cccc(OCC(C)C)c2)c2cccc(OCC(C)C)c2)c1. The topological polar surface area (TPSA) is 30.9 Å². The van der Waals surface area contributed by atoms with Crippen molar-refractivity contribution in [3.63, 3.8) is 0 Å². The summed E-state index contributed by atoms with van der Waals surface area (Å²) in [5, 5.41) is 0. The summed E-state index contributed by atoms with van der Waals surface area (Å²) >= 11 is 0. The number of benzene rings is 3. The van der Waals surface area contributed by atoms with Gasteiger partial charge in [-0.25, -0.2) is 0 Å². The lowest BCUT2D eigenvalue weighted by Crippen LogP contribution is -2.12. The van der Waals surface area contributed by atoms with E-state index in [-0.39, 0.29) is 0 Å². The second-order valence-corrected chi connectivity index (χ2v) is 9.94. The Bertz CT molecular complexity index is 897. The van der Waals surface area contributed by atoms with Crippen LogP contribution in [0.25, 0.3) is 0 Å². The molecule has 0 saturated carbocycles. The van der Waals surface area contributed by atoms with Crippen LogP contribution in [0, 0.1) is 17.8 Å². The smallest absolute Gasteiger partial charge is 0.121 e. The predicted octanol–water partition coefficient (Wildman–Crippen LogP) is 8.26. The molecular weight excluding hydrogens is 422 g/mol. The van der Waals surface area contributed by atoms with Gasteiger partial charge in [0, 0.05) is 35.3 Å². The van der Waals surface area contributed by atoms with Crippen LogP contribution >= 0.6 is 0 Å². The fraction of sp³-hybridized carbons (Fsp3) is 0.400. The van der Waals surface area contributed by atoms with Crippen molar-refractivity contribution in [1.29, 1.82) is 0 Å². The molecule has 34 heavy (non-hydrogen) atoms. The Balaban J connectivity index is 2.01. The highest BCUT2D eigenvalue weighted by molar-refractivity contribution is 5.78. The first-order valence-corrected chi connectivity index (χ1v) is 12.3. The summed E-state index contributed by atoms with van der Waals surface area (Å²) in [5.74, 6) is 3.96. The summed E-state index contributed by atoms with van der Waals surface area (Å²) in [4.78, 5) is 2.21. The molecule has 4 nitrogen and oxygen atoms in total. The molecule has 0 aliphatic heterocycles. The zero-order valence-electron chi connectivity index (χ0n) is 21.5. The molecule has 0 aromatic heterocycles. The van der Waals surface area contributed by atoms with Crippen LogP contribution < -0.4 is 19.1 Å². The van der Waals surface area contributed by atoms with Gasteiger partial charge < -0.3 is 19.1 Å². The van der Waals surface area contributed by atoms with E-state index in [0.717, 1.165) is 34.3 Å². The van der Waals surface area contributed by atoms with Crippen molar-refractivity contribution in [2.24, 2.45) is 17.8 Å². The molecule has 0 aliphatic carbocycles. The Morgan fingerprint density at radius 3 is 1.06 bits per heavy atom. The summed E-state index contributed by atoms with van der Waals surface area (Å²) in [7, 11) is 0. The van der Waals surface area contributed by atoms with Gasteiger partial charge in [-0.15, -0.1) is 0 Å².